The first kappa shape index (κ1) is 23.6. The molecule has 7 heteroatoms. The first-order chi connectivity index (χ1) is 11.8. The van der Waals surface area contributed by atoms with Gasteiger partial charge in [-0.15, -0.1) is 0 Å². The van der Waals surface area contributed by atoms with Crippen LogP contribution in [-0.2, 0) is 27.7 Å². The van der Waals surface area contributed by atoms with E-state index in [1.54, 1.807) is 0 Å². The van der Waals surface area contributed by atoms with E-state index in [0.717, 1.165) is 19.3 Å². The Bertz CT molecular complexity index is 370. The molecule has 0 saturated heterocycles. The molecule has 0 aromatic rings. The summed E-state index contributed by atoms with van der Waals surface area (Å²) >= 11 is 0. The molecule has 0 atom stereocenters. The summed E-state index contributed by atoms with van der Waals surface area (Å²) in [7, 11) is -3.62. The Hall–Kier alpha value is -1.37. The largest absolute Gasteiger partial charge is 0.705 e. The van der Waals surface area contributed by atoms with Crippen molar-refractivity contribution in [2.24, 2.45) is 0 Å². The quantitative estimate of drug-likeness (QED) is 0.328. The van der Waals surface area contributed by atoms with Crippen LogP contribution in [0.3, 0.4) is 0 Å². The average molecular weight is 375 g/mol. The minimum absolute atomic E-state index is 0.280. The molecule has 0 heterocycles. The molecule has 0 spiro atoms. The van der Waals surface area contributed by atoms with Gasteiger partial charge in [0.2, 0.25) is 0 Å². The molecule has 0 rings (SSSR count). The third-order valence-corrected chi connectivity index (χ3v) is 6.50. The van der Waals surface area contributed by atoms with Crippen molar-refractivity contribution in [3.8, 4) is 0 Å². The van der Waals surface area contributed by atoms with E-state index in [2.05, 4.69) is 6.92 Å². The zero-order valence-electron chi connectivity index (χ0n) is 16.2. The summed E-state index contributed by atoms with van der Waals surface area (Å²) < 4.78 is 15.5. The SMILES string of the molecule is CCCCCCCCCCCC[Si](OC(C)=O)(OC(C)=O)OC(C)=O. The second-order valence-electron chi connectivity index (χ2n) is 6.40. The molecule has 0 unspecified atom stereocenters. The van der Waals surface area contributed by atoms with Gasteiger partial charge in [0, 0.05) is 20.8 Å². The third-order valence-electron chi connectivity index (χ3n) is 3.73. The van der Waals surface area contributed by atoms with Crippen molar-refractivity contribution >= 4 is 26.7 Å². The highest BCUT2D eigenvalue weighted by Gasteiger charge is 2.51. The summed E-state index contributed by atoms with van der Waals surface area (Å²) in [5.74, 6) is -1.83. The molecule has 0 bridgehead atoms. The van der Waals surface area contributed by atoms with Crippen molar-refractivity contribution in [2.45, 2.75) is 97.9 Å². The van der Waals surface area contributed by atoms with Gasteiger partial charge in [0.05, 0.1) is 6.04 Å². The van der Waals surface area contributed by atoms with E-state index in [1.807, 2.05) is 0 Å². The Morgan fingerprint density at radius 3 is 1.24 bits per heavy atom. The molecular weight excluding hydrogens is 340 g/mol. The van der Waals surface area contributed by atoms with Crippen LogP contribution < -0.4 is 0 Å². The van der Waals surface area contributed by atoms with E-state index in [0.29, 0.717) is 6.42 Å². The van der Waals surface area contributed by atoms with Gasteiger partial charge < -0.3 is 13.3 Å². The van der Waals surface area contributed by atoms with Crippen molar-refractivity contribution < 1.29 is 27.7 Å². The Balaban J connectivity index is 4.22. The van der Waals surface area contributed by atoms with Crippen molar-refractivity contribution in [1.82, 2.24) is 0 Å². The van der Waals surface area contributed by atoms with Gasteiger partial charge in [-0.3, -0.25) is 14.4 Å². The van der Waals surface area contributed by atoms with Gasteiger partial charge >= 0.3 is 8.80 Å². The first-order valence-corrected chi connectivity index (χ1v) is 11.3. The summed E-state index contributed by atoms with van der Waals surface area (Å²) in [6, 6.07) is 0.280. The molecule has 0 N–H and O–H groups in total. The lowest BCUT2D eigenvalue weighted by molar-refractivity contribution is -0.147. The zero-order chi connectivity index (χ0) is 19.1. The molecular formula is C18H34O6Si. The smallest absolute Gasteiger partial charge is 0.455 e. The minimum atomic E-state index is -3.62. The highest BCUT2D eigenvalue weighted by molar-refractivity contribution is 6.65. The van der Waals surface area contributed by atoms with Gasteiger partial charge in [-0.25, -0.2) is 0 Å². The lowest BCUT2D eigenvalue weighted by Crippen LogP contribution is -2.49. The van der Waals surface area contributed by atoms with Gasteiger partial charge in [-0.1, -0.05) is 64.7 Å². The second-order valence-corrected chi connectivity index (χ2v) is 8.87. The summed E-state index contributed by atoms with van der Waals surface area (Å²) in [6.45, 7) is 5.86. The van der Waals surface area contributed by atoms with Crippen LogP contribution in [0.1, 0.15) is 91.9 Å². The van der Waals surface area contributed by atoms with E-state index in [4.69, 9.17) is 13.3 Å². The molecule has 0 amide bonds. The molecule has 0 fully saturated rings. The molecule has 0 aromatic heterocycles. The number of rotatable bonds is 14. The second kappa shape index (κ2) is 13.9. The highest BCUT2D eigenvalue weighted by atomic mass is 28.4. The van der Waals surface area contributed by atoms with E-state index >= 15 is 0 Å². The fourth-order valence-electron chi connectivity index (χ4n) is 2.70. The van der Waals surface area contributed by atoms with Crippen molar-refractivity contribution in [3.63, 3.8) is 0 Å². The van der Waals surface area contributed by atoms with Crippen molar-refractivity contribution in [3.05, 3.63) is 0 Å². The number of hydrogen-bond donors (Lipinski definition) is 0. The van der Waals surface area contributed by atoms with E-state index < -0.39 is 26.7 Å². The molecule has 0 aliphatic heterocycles. The van der Waals surface area contributed by atoms with Crippen LogP contribution in [0, 0.1) is 0 Å². The zero-order valence-corrected chi connectivity index (χ0v) is 17.2. The molecule has 0 aliphatic carbocycles. The Kier molecular flexibility index (Phi) is 13.1. The Morgan fingerprint density at radius 2 is 0.920 bits per heavy atom. The summed E-state index contributed by atoms with van der Waals surface area (Å²) in [4.78, 5) is 34.0. The van der Waals surface area contributed by atoms with Crippen molar-refractivity contribution in [1.29, 1.82) is 0 Å². The normalized spacial score (nSPS) is 11.0. The maximum atomic E-state index is 11.3. The Labute approximate surface area is 153 Å². The van der Waals surface area contributed by atoms with Gasteiger partial charge in [0.25, 0.3) is 17.9 Å². The van der Waals surface area contributed by atoms with E-state index in [9.17, 15) is 14.4 Å². The first-order valence-electron chi connectivity index (χ1n) is 9.40. The van der Waals surface area contributed by atoms with Gasteiger partial charge in [0.15, 0.2) is 0 Å². The fourth-order valence-corrected chi connectivity index (χ4v) is 5.13. The molecule has 0 aromatic carbocycles. The third kappa shape index (κ3) is 13.6. The predicted molar refractivity (Wildman–Crippen MR) is 97.7 cm³/mol. The lowest BCUT2D eigenvalue weighted by Gasteiger charge is -2.26. The molecule has 146 valence electrons. The molecule has 25 heavy (non-hydrogen) atoms. The van der Waals surface area contributed by atoms with Gasteiger partial charge in [-0.2, -0.15) is 0 Å². The van der Waals surface area contributed by atoms with E-state index in [1.165, 1.54) is 59.3 Å². The fraction of sp³-hybridized carbons (Fsp3) is 0.833. The van der Waals surface area contributed by atoms with Gasteiger partial charge in [0.1, 0.15) is 0 Å². The van der Waals surface area contributed by atoms with Crippen LogP contribution in [0.4, 0.5) is 0 Å². The van der Waals surface area contributed by atoms with E-state index in [-0.39, 0.29) is 6.04 Å². The highest BCUT2D eigenvalue weighted by Crippen LogP contribution is 2.22. The van der Waals surface area contributed by atoms with Crippen LogP contribution in [0.5, 0.6) is 0 Å². The topological polar surface area (TPSA) is 78.9 Å². The molecule has 0 radical (unpaired) electrons. The van der Waals surface area contributed by atoms with Gasteiger partial charge in [-0.05, 0) is 6.42 Å². The standard InChI is InChI=1S/C18H34O6Si/c1-5-6-7-8-9-10-11-12-13-14-15-25(22-16(2)19,23-17(3)20)24-18(4)21/h5-15H2,1-4H3. The van der Waals surface area contributed by atoms with Crippen LogP contribution in [0.15, 0.2) is 0 Å². The summed E-state index contributed by atoms with van der Waals surface area (Å²) in [5.41, 5.74) is 0. The number of carbonyl (C=O) groups excluding carboxylic acids is 3. The summed E-state index contributed by atoms with van der Waals surface area (Å²) in [6.07, 6.45) is 11.5. The maximum absolute atomic E-state index is 11.3. The lowest BCUT2D eigenvalue weighted by atomic mass is 10.1. The Morgan fingerprint density at radius 1 is 0.600 bits per heavy atom. The van der Waals surface area contributed by atoms with Crippen LogP contribution in [-0.4, -0.2) is 26.7 Å². The van der Waals surface area contributed by atoms with Crippen LogP contribution >= 0.6 is 0 Å². The molecule has 0 aliphatic rings. The van der Waals surface area contributed by atoms with Crippen LogP contribution in [0.25, 0.3) is 0 Å². The maximum Gasteiger partial charge on any atom is 0.705 e. The van der Waals surface area contributed by atoms with Crippen LogP contribution in [0.2, 0.25) is 6.04 Å². The summed E-state index contributed by atoms with van der Waals surface area (Å²) in [5, 5.41) is 0. The predicted octanol–water partition coefficient (Wildman–Crippen LogP) is 4.54. The number of unbranched alkanes of at least 4 members (excludes halogenated alkanes) is 9. The molecule has 6 nitrogen and oxygen atoms in total. The number of carbonyl (C=O) groups is 3. The van der Waals surface area contributed by atoms with Crippen molar-refractivity contribution in [2.75, 3.05) is 0 Å². The minimum Gasteiger partial charge on any atom is -0.455 e. The monoisotopic (exact) mass is 374 g/mol. The number of hydrogen-bond acceptors (Lipinski definition) is 6. The average Bonchev–Trinajstić information content (AvgIpc) is 2.47. The molecule has 0 saturated carbocycles.